The molecule has 12 heteroatoms. The summed E-state index contributed by atoms with van der Waals surface area (Å²) < 4.78 is 57.8. The van der Waals surface area contributed by atoms with Crippen molar-refractivity contribution in [3.05, 3.63) is 65.0 Å². The van der Waals surface area contributed by atoms with Crippen LogP contribution in [-0.2, 0) is 18.6 Å². The van der Waals surface area contributed by atoms with Crippen molar-refractivity contribution in [2.75, 3.05) is 5.32 Å². The number of halogens is 4. The number of aliphatic hydroxyl groups is 1. The Labute approximate surface area is 215 Å². The van der Waals surface area contributed by atoms with Gasteiger partial charge in [0.15, 0.2) is 11.4 Å². The second-order valence-electron chi connectivity index (χ2n) is 10.0. The van der Waals surface area contributed by atoms with Gasteiger partial charge < -0.3 is 10.4 Å². The smallest absolute Gasteiger partial charge is 0.376 e. The van der Waals surface area contributed by atoms with E-state index in [1.807, 2.05) is 11.6 Å². The summed E-state index contributed by atoms with van der Waals surface area (Å²) in [7, 11) is 0. The van der Waals surface area contributed by atoms with E-state index in [0.29, 0.717) is 24.1 Å². The van der Waals surface area contributed by atoms with Crippen LogP contribution in [0.3, 0.4) is 0 Å². The lowest BCUT2D eigenvalue weighted by Crippen LogP contribution is -2.40. The first-order valence-corrected chi connectivity index (χ1v) is 12.4. The molecule has 0 spiro atoms. The number of nitrogens with zero attached hydrogens (tertiary/aromatic N) is 6. The van der Waals surface area contributed by atoms with Crippen molar-refractivity contribution in [3.63, 3.8) is 0 Å². The molecule has 6 rings (SSSR count). The van der Waals surface area contributed by atoms with E-state index < -0.39 is 18.2 Å². The number of fused-ring (bicyclic) bond motifs is 1. The van der Waals surface area contributed by atoms with Crippen LogP contribution in [0, 0.1) is 25.6 Å². The highest BCUT2D eigenvalue weighted by molar-refractivity contribution is 5.71. The standard InChI is InChI=1S/C26H25F4N7O/c1-14-23(17-5-7-18(27)8-6-17)35-36(12-16-3-4-16)24(14)33-20-11-21(32-13-31-20)37-19-9-10-25(38,26(28,29)30)22(19)15(2)34-37/h5-8,11,13,16,38H,3-4,9-10,12H2,1-2H3,(H,31,32,33). The molecular formula is C26H25F4N7O. The number of benzene rings is 1. The average molecular weight is 528 g/mol. The quantitative estimate of drug-likeness (QED) is 0.338. The molecular weight excluding hydrogens is 502 g/mol. The summed E-state index contributed by atoms with van der Waals surface area (Å²) in [5.74, 6) is 1.60. The van der Waals surface area contributed by atoms with Crippen LogP contribution in [0.25, 0.3) is 17.1 Å². The van der Waals surface area contributed by atoms with Gasteiger partial charge in [0, 0.05) is 29.3 Å². The maximum atomic E-state index is 13.7. The molecule has 3 aromatic heterocycles. The Kier molecular flexibility index (Phi) is 5.56. The summed E-state index contributed by atoms with van der Waals surface area (Å²) in [6.07, 6.45) is -1.72. The molecule has 1 aromatic carbocycles. The second-order valence-corrected chi connectivity index (χ2v) is 10.0. The van der Waals surface area contributed by atoms with E-state index in [-0.39, 0.29) is 35.0 Å². The number of anilines is 2. The van der Waals surface area contributed by atoms with Gasteiger partial charge >= 0.3 is 6.18 Å². The lowest BCUT2D eigenvalue weighted by molar-refractivity contribution is -0.265. The summed E-state index contributed by atoms with van der Waals surface area (Å²) in [4.78, 5) is 8.56. The Morgan fingerprint density at radius 3 is 2.53 bits per heavy atom. The summed E-state index contributed by atoms with van der Waals surface area (Å²) >= 11 is 0. The molecule has 38 heavy (non-hydrogen) atoms. The van der Waals surface area contributed by atoms with Gasteiger partial charge in [-0.25, -0.2) is 23.7 Å². The Balaban J connectivity index is 1.36. The minimum Gasteiger partial charge on any atom is -0.376 e. The van der Waals surface area contributed by atoms with Crippen LogP contribution in [0.2, 0.25) is 0 Å². The maximum absolute atomic E-state index is 13.7. The summed E-state index contributed by atoms with van der Waals surface area (Å²) in [5, 5.41) is 22.8. The Hall–Kier alpha value is -3.80. The predicted octanol–water partition coefficient (Wildman–Crippen LogP) is 5.13. The molecule has 0 amide bonds. The molecule has 3 heterocycles. The molecule has 1 saturated carbocycles. The first-order valence-electron chi connectivity index (χ1n) is 12.4. The summed E-state index contributed by atoms with van der Waals surface area (Å²) in [6, 6.07) is 7.75. The highest BCUT2D eigenvalue weighted by atomic mass is 19.4. The molecule has 8 nitrogen and oxygen atoms in total. The molecule has 1 atom stereocenters. The first-order chi connectivity index (χ1) is 18.0. The van der Waals surface area contributed by atoms with Crippen LogP contribution >= 0.6 is 0 Å². The van der Waals surface area contributed by atoms with Crippen LogP contribution in [0.5, 0.6) is 0 Å². The molecule has 2 N–H and O–H groups in total. The number of aryl methyl sites for hydroxylation is 1. The van der Waals surface area contributed by atoms with Crippen molar-refractivity contribution < 1.29 is 22.7 Å². The van der Waals surface area contributed by atoms with Crippen molar-refractivity contribution >= 4 is 11.6 Å². The molecule has 0 aliphatic heterocycles. The molecule has 2 aliphatic rings. The summed E-state index contributed by atoms with van der Waals surface area (Å²) in [5.41, 5.74) is -0.404. The van der Waals surface area contributed by atoms with Gasteiger partial charge in [-0.05, 0) is 69.7 Å². The molecule has 0 saturated heterocycles. The number of hydrogen-bond donors (Lipinski definition) is 2. The van der Waals surface area contributed by atoms with Gasteiger partial charge in [0.2, 0.25) is 0 Å². The van der Waals surface area contributed by atoms with Crippen molar-refractivity contribution in [1.82, 2.24) is 29.5 Å². The van der Waals surface area contributed by atoms with Crippen molar-refractivity contribution in [3.8, 4) is 17.1 Å². The fraction of sp³-hybridized carbons (Fsp3) is 0.385. The van der Waals surface area contributed by atoms with Gasteiger partial charge in [0.25, 0.3) is 0 Å². The van der Waals surface area contributed by atoms with E-state index in [0.717, 1.165) is 29.7 Å². The third-order valence-electron chi connectivity index (χ3n) is 7.31. The minimum atomic E-state index is -4.81. The normalized spacial score (nSPS) is 19.1. The zero-order valence-corrected chi connectivity index (χ0v) is 20.7. The summed E-state index contributed by atoms with van der Waals surface area (Å²) in [6.45, 7) is 4.08. The molecule has 1 unspecified atom stereocenters. The maximum Gasteiger partial charge on any atom is 0.421 e. The number of alkyl halides is 3. The fourth-order valence-electron chi connectivity index (χ4n) is 5.16. The van der Waals surface area contributed by atoms with E-state index in [1.54, 1.807) is 18.2 Å². The number of rotatable bonds is 6. The molecule has 0 bridgehead atoms. The Morgan fingerprint density at radius 2 is 1.84 bits per heavy atom. The Morgan fingerprint density at radius 1 is 1.11 bits per heavy atom. The largest absolute Gasteiger partial charge is 0.421 e. The number of aromatic nitrogens is 6. The molecule has 1 fully saturated rings. The highest BCUT2D eigenvalue weighted by Crippen LogP contribution is 2.49. The molecule has 4 aromatic rings. The fourth-order valence-corrected chi connectivity index (χ4v) is 5.16. The van der Waals surface area contributed by atoms with Gasteiger partial charge in [-0.15, -0.1) is 0 Å². The zero-order valence-electron chi connectivity index (χ0n) is 20.7. The van der Waals surface area contributed by atoms with Crippen molar-refractivity contribution in [2.24, 2.45) is 5.92 Å². The highest BCUT2D eigenvalue weighted by Gasteiger charge is 2.60. The zero-order chi connectivity index (χ0) is 26.8. The van der Waals surface area contributed by atoms with Gasteiger partial charge in [0.05, 0.1) is 17.1 Å². The third kappa shape index (κ3) is 4.03. The SMILES string of the molecule is Cc1nn(-c2cc(Nc3c(C)c(-c4ccc(F)cc4)nn3CC3CC3)ncn2)c2c1C(O)(C(F)(F)F)CC2. The van der Waals surface area contributed by atoms with E-state index >= 15 is 0 Å². The minimum absolute atomic E-state index is 0.00719. The topological polar surface area (TPSA) is 93.7 Å². The van der Waals surface area contributed by atoms with Gasteiger partial charge in [-0.3, -0.25) is 0 Å². The monoisotopic (exact) mass is 527 g/mol. The van der Waals surface area contributed by atoms with E-state index in [4.69, 9.17) is 5.10 Å². The van der Waals surface area contributed by atoms with Crippen LogP contribution in [0.1, 0.15) is 41.8 Å². The lowest BCUT2D eigenvalue weighted by Gasteiger charge is -2.26. The number of nitrogens with one attached hydrogen (secondary N) is 1. The molecule has 2 aliphatic carbocycles. The van der Waals surface area contributed by atoms with Crippen molar-refractivity contribution in [2.45, 2.75) is 57.9 Å². The van der Waals surface area contributed by atoms with Crippen LogP contribution in [0.15, 0.2) is 36.7 Å². The van der Waals surface area contributed by atoms with Crippen LogP contribution in [0.4, 0.5) is 29.2 Å². The van der Waals surface area contributed by atoms with E-state index in [2.05, 4.69) is 20.4 Å². The van der Waals surface area contributed by atoms with Crippen LogP contribution in [-0.4, -0.2) is 40.8 Å². The predicted molar refractivity (Wildman–Crippen MR) is 131 cm³/mol. The Bertz CT molecular complexity index is 1520. The second kappa shape index (κ2) is 8.62. The number of hydrogen-bond acceptors (Lipinski definition) is 6. The van der Waals surface area contributed by atoms with E-state index in [1.165, 1.54) is 30.1 Å². The third-order valence-corrected chi connectivity index (χ3v) is 7.31. The first kappa shape index (κ1) is 24.5. The lowest BCUT2D eigenvalue weighted by atomic mass is 9.95. The van der Waals surface area contributed by atoms with Gasteiger partial charge in [-0.1, -0.05) is 0 Å². The van der Waals surface area contributed by atoms with E-state index in [9.17, 15) is 22.7 Å². The molecule has 198 valence electrons. The van der Waals surface area contributed by atoms with Gasteiger partial charge in [0.1, 0.15) is 23.8 Å². The van der Waals surface area contributed by atoms with Gasteiger partial charge in [-0.2, -0.15) is 23.4 Å². The average Bonchev–Trinajstić information content (AvgIpc) is 3.42. The molecule has 0 radical (unpaired) electrons. The van der Waals surface area contributed by atoms with Crippen LogP contribution < -0.4 is 5.32 Å². The van der Waals surface area contributed by atoms with Crippen molar-refractivity contribution in [1.29, 1.82) is 0 Å².